The van der Waals surface area contributed by atoms with Gasteiger partial charge in [-0.3, -0.25) is 9.78 Å². The van der Waals surface area contributed by atoms with Crippen LogP contribution < -0.4 is 5.32 Å². The van der Waals surface area contributed by atoms with E-state index in [0.29, 0.717) is 23.9 Å². The van der Waals surface area contributed by atoms with E-state index in [1.165, 1.54) is 0 Å². The molecule has 0 radical (unpaired) electrons. The van der Waals surface area contributed by atoms with Gasteiger partial charge in [0, 0.05) is 36.2 Å². The summed E-state index contributed by atoms with van der Waals surface area (Å²) in [5.74, 6) is 0.809. The SMILES string of the molecule is Cc1nnc(-c2ccc(C(=O)NCc3ccnc4ccccc34)cc2)o1. The van der Waals surface area contributed by atoms with Crippen LogP contribution in [0.5, 0.6) is 0 Å². The Morgan fingerprint density at radius 2 is 1.85 bits per heavy atom. The number of pyridine rings is 1. The molecule has 0 bridgehead atoms. The molecule has 2 heterocycles. The van der Waals surface area contributed by atoms with Gasteiger partial charge in [0.2, 0.25) is 11.8 Å². The van der Waals surface area contributed by atoms with Crippen LogP contribution in [0.25, 0.3) is 22.4 Å². The first-order chi connectivity index (χ1) is 12.7. The van der Waals surface area contributed by atoms with Gasteiger partial charge in [-0.1, -0.05) is 18.2 Å². The number of benzene rings is 2. The van der Waals surface area contributed by atoms with E-state index in [0.717, 1.165) is 22.0 Å². The lowest BCUT2D eigenvalue weighted by atomic mass is 10.1. The van der Waals surface area contributed by atoms with Gasteiger partial charge in [-0.2, -0.15) is 0 Å². The van der Waals surface area contributed by atoms with Crippen LogP contribution in [0.2, 0.25) is 0 Å². The average Bonchev–Trinajstić information content (AvgIpc) is 3.12. The van der Waals surface area contributed by atoms with Gasteiger partial charge >= 0.3 is 0 Å². The zero-order valence-electron chi connectivity index (χ0n) is 14.1. The fourth-order valence-corrected chi connectivity index (χ4v) is 2.76. The highest BCUT2D eigenvalue weighted by Crippen LogP contribution is 2.19. The molecule has 0 spiro atoms. The molecule has 6 nitrogen and oxygen atoms in total. The molecule has 2 aromatic heterocycles. The number of fused-ring (bicyclic) bond motifs is 1. The van der Waals surface area contributed by atoms with Crippen LogP contribution in [0, 0.1) is 6.92 Å². The monoisotopic (exact) mass is 344 g/mol. The van der Waals surface area contributed by atoms with Crippen molar-refractivity contribution in [2.45, 2.75) is 13.5 Å². The summed E-state index contributed by atoms with van der Waals surface area (Å²) in [4.78, 5) is 16.8. The van der Waals surface area contributed by atoms with Gasteiger partial charge in [-0.05, 0) is 42.0 Å². The predicted octanol–water partition coefficient (Wildman–Crippen LogP) is 3.52. The van der Waals surface area contributed by atoms with Gasteiger partial charge in [-0.25, -0.2) is 0 Å². The van der Waals surface area contributed by atoms with Crippen LogP contribution in [-0.4, -0.2) is 21.1 Å². The molecule has 1 N–H and O–H groups in total. The van der Waals surface area contributed by atoms with Crippen LogP contribution in [0.3, 0.4) is 0 Å². The molecular formula is C20H16N4O2. The Kier molecular flexibility index (Phi) is 4.15. The number of carbonyl (C=O) groups is 1. The van der Waals surface area contributed by atoms with Crippen LogP contribution in [0.1, 0.15) is 21.8 Å². The molecule has 0 saturated carbocycles. The lowest BCUT2D eigenvalue weighted by Crippen LogP contribution is -2.22. The predicted molar refractivity (Wildman–Crippen MR) is 97.4 cm³/mol. The number of aryl methyl sites for hydroxylation is 1. The quantitative estimate of drug-likeness (QED) is 0.612. The Labute approximate surface area is 149 Å². The summed E-state index contributed by atoms with van der Waals surface area (Å²) in [6.45, 7) is 2.17. The zero-order chi connectivity index (χ0) is 17.9. The third-order valence-electron chi connectivity index (χ3n) is 4.10. The van der Waals surface area contributed by atoms with Gasteiger partial charge in [0.05, 0.1) is 5.52 Å². The minimum absolute atomic E-state index is 0.140. The molecular weight excluding hydrogens is 328 g/mol. The second-order valence-corrected chi connectivity index (χ2v) is 5.87. The second-order valence-electron chi connectivity index (χ2n) is 5.87. The maximum Gasteiger partial charge on any atom is 0.251 e. The summed E-state index contributed by atoms with van der Waals surface area (Å²) in [6.07, 6.45) is 1.75. The zero-order valence-corrected chi connectivity index (χ0v) is 14.1. The van der Waals surface area contributed by atoms with Crippen LogP contribution in [0.15, 0.2) is 65.2 Å². The highest BCUT2D eigenvalue weighted by molar-refractivity contribution is 5.94. The minimum atomic E-state index is -0.140. The van der Waals surface area contributed by atoms with Gasteiger partial charge in [0.15, 0.2) is 0 Å². The minimum Gasteiger partial charge on any atom is -0.421 e. The van der Waals surface area contributed by atoms with E-state index >= 15 is 0 Å². The molecule has 26 heavy (non-hydrogen) atoms. The van der Waals surface area contributed by atoms with E-state index in [1.54, 1.807) is 37.4 Å². The van der Waals surface area contributed by atoms with Crippen LogP contribution in [-0.2, 0) is 6.54 Å². The normalized spacial score (nSPS) is 10.8. The fourth-order valence-electron chi connectivity index (χ4n) is 2.76. The molecule has 4 rings (SSSR count). The number of carbonyl (C=O) groups excluding carboxylic acids is 1. The molecule has 0 saturated heterocycles. The van der Waals surface area contributed by atoms with Crippen LogP contribution in [0.4, 0.5) is 0 Å². The molecule has 2 aromatic carbocycles. The molecule has 6 heteroatoms. The highest BCUT2D eigenvalue weighted by Gasteiger charge is 2.10. The van der Waals surface area contributed by atoms with Crippen molar-refractivity contribution in [1.29, 1.82) is 0 Å². The summed E-state index contributed by atoms with van der Waals surface area (Å²) in [5, 5.41) is 11.8. The fraction of sp³-hybridized carbons (Fsp3) is 0.100. The molecule has 0 aliphatic carbocycles. The summed E-state index contributed by atoms with van der Waals surface area (Å²) < 4.78 is 5.39. The van der Waals surface area contributed by atoms with Crippen molar-refractivity contribution in [3.63, 3.8) is 0 Å². The first kappa shape index (κ1) is 16.0. The topological polar surface area (TPSA) is 80.9 Å². The van der Waals surface area contributed by atoms with Gasteiger partial charge in [0.1, 0.15) is 0 Å². The molecule has 0 unspecified atom stereocenters. The Bertz CT molecular complexity index is 1070. The first-order valence-electron chi connectivity index (χ1n) is 8.22. The van der Waals surface area contributed by atoms with Gasteiger partial charge in [-0.15, -0.1) is 10.2 Å². The number of rotatable bonds is 4. The maximum atomic E-state index is 12.4. The Hall–Kier alpha value is -3.54. The van der Waals surface area contributed by atoms with Crippen molar-refractivity contribution in [2.75, 3.05) is 0 Å². The summed E-state index contributed by atoms with van der Waals surface area (Å²) in [6, 6.07) is 16.9. The molecule has 128 valence electrons. The Morgan fingerprint density at radius 1 is 1.04 bits per heavy atom. The summed E-state index contributed by atoms with van der Waals surface area (Å²) in [5.41, 5.74) is 3.30. The maximum absolute atomic E-state index is 12.4. The second kappa shape index (κ2) is 6.76. The van der Waals surface area contributed by atoms with E-state index in [-0.39, 0.29) is 5.91 Å². The van der Waals surface area contributed by atoms with E-state index in [9.17, 15) is 4.79 Å². The smallest absolute Gasteiger partial charge is 0.251 e. The van der Waals surface area contributed by atoms with E-state index in [2.05, 4.69) is 20.5 Å². The lowest BCUT2D eigenvalue weighted by Gasteiger charge is -2.08. The van der Waals surface area contributed by atoms with Gasteiger partial charge in [0.25, 0.3) is 5.91 Å². The standard InChI is InChI=1S/C20H16N4O2/c1-13-23-24-20(26-13)15-8-6-14(7-9-15)19(25)22-12-16-10-11-21-18-5-3-2-4-17(16)18/h2-11H,12H2,1H3,(H,22,25). The van der Waals surface area contributed by atoms with E-state index < -0.39 is 0 Å². The van der Waals surface area contributed by atoms with Crippen molar-refractivity contribution in [2.24, 2.45) is 0 Å². The molecule has 0 aliphatic heterocycles. The average molecular weight is 344 g/mol. The lowest BCUT2D eigenvalue weighted by molar-refractivity contribution is 0.0951. The first-order valence-corrected chi connectivity index (χ1v) is 8.22. The van der Waals surface area contributed by atoms with Gasteiger partial charge < -0.3 is 9.73 Å². The highest BCUT2D eigenvalue weighted by atomic mass is 16.4. The van der Waals surface area contributed by atoms with Crippen molar-refractivity contribution in [1.82, 2.24) is 20.5 Å². The Morgan fingerprint density at radius 3 is 2.62 bits per heavy atom. The van der Waals surface area contributed by atoms with Crippen molar-refractivity contribution < 1.29 is 9.21 Å². The number of aromatic nitrogens is 3. The molecule has 0 aliphatic rings. The summed E-state index contributed by atoms with van der Waals surface area (Å²) >= 11 is 0. The summed E-state index contributed by atoms with van der Waals surface area (Å²) in [7, 11) is 0. The molecule has 0 fully saturated rings. The van der Waals surface area contributed by atoms with Crippen molar-refractivity contribution in [3.05, 3.63) is 77.8 Å². The van der Waals surface area contributed by atoms with Crippen LogP contribution >= 0.6 is 0 Å². The third kappa shape index (κ3) is 3.17. The van der Waals surface area contributed by atoms with E-state index in [4.69, 9.17) is 4.42 Å². The van der Waals surface area contributed by atoms with E-state index in [1.807, 2.05) is 30.3 Å². The number of hydrogen-bond donors (Lipinski definition) is 1. The van der Waals surface area contributed by atoms with Crippen molar-refractivity contribution in [3.8, 4) is 11.5 Å². The number of nitrogens with zero attached hydrogens (tertiary/aromatic N) is 3. The van der Waals surface area contributed by atoms with Crippen molar-refractivity contribution >= 4 is 16.8 Å². The largest absolute Gasteiger partial charge is 0.421 e. The molecule has 4 aromatic rings. The number of para-hydroxylation sites is 1. The molecule has 0 atom stereocenters. The number of hydrogen-bond acceptors (Lipinski definition) is 5. The number of amides is 1. The third-order valence-corrected chi connectivity index (χ3v) is 4.10. The number of nitrogens with one attached hydrogen (secondary N) is 1. The molecule has 1 amide bonds. The Balaban J connectivity index is 1.48.